The first-order valence-corrected chi connectivity index (χ1v) is 17.7. The third kappa shape index (κ3) is 8.02. The van der Waals surface area contributed by atoms with Crippen LogP contribution in [0, 0.1) is 5.92 Å². The van der Waals surface area contributed by atoms with Crippen LogP contribution in [0.25, 0.3) is 0 Å². The molecule has 2 amide bonds. The zero-order valence-corrected chi connectivity index (χ0v) is 28.3. The molecular formula is C41H45N3O6. The van der Waals surface area contributed by atoms with E-state index in [-0.39, 0.29) is 18.2 Å². The van der Waals surface area contributed by atoms with Crippen LogP contribution in [0.2, 0.25) is 0 Å². The smallest absolute Gasteiger partial charge is 0.408 e. The maximum atomic E-state index is 13.7. The Morgan fingerprint density at radius 2 is 1.50 bits per heavy atom. The second kappa shape index (κ2) is 15.9. The highest BCUT2D eigenvalue weighted by Gasteiger charge is 2.43. The lowest BCUT2D eigenvalue weighted by atomic mass is 9.81. The zero-order valence-electron chi connectivity index (χ0n) is 28.3. The Labute approximate surface area is 294 Å². The SMILES string of the molecule is O=C(c1ccc(COc2cccc([C@H](c3ccccc3)N(C(=O)O)C3CN4CCC3CC4)c2)cc1)N(CCC1OCCO1)Cc1ccccc1. The summed E-state index contributed by atoms with van der Waals surface area (Å²) in [4.78, 5) is 32.6. The number of piperidine rings is 3. The lowest BCUT2D eigenvalue weighted by Crippen LogP contribution is -2.59. The fourth-order valence-electron chi connectivity index (χ4n) is 7.60. The molecule has 4 aliphatic heterocycles. The Balaban J connectivity index is 1.05. The topological polar surface area (TPSA) is 91.8 Å². The molecule has 2 atom stereocenters. The van der Waals surface area contributed by atoms with E-state index in [4.69, 9.17) is 14.2 Å². The number of hydrogen-bond acceptors (Lipinski definition) is 6. The fourth-order valence-corrected chi connectivity index (χ4v) is 7.60. The largest absolute Gasteiger partial charge is 0.489 e. The number of amides is 2. The molecule has 9 nitrogen and oxygen atoms in total. The van der Waals surface area contributed by atoms with Crippen LogP contribution in [-0.2, 0) is 22.6 Å². The summed E-state index contributed by atoms with van der Waals surface area (Å²) < 4.78 is 17.5. The van der Waals surface area contributed by atoms with Crippen LogP contribution in [0.1, 0.15) is 57.9 Å². The van der Waals surface area contributed by atoms with Crippen molar-refractivity contribution in [1.82, 2.24) is 14.7 Å². The van der Waals surface area contributed by atoms with Gasteiger partial charge in [-0.2, -0.15) is 0 Å². The molecular weight excluding hydrogens is 630 g/mol. The number of rotatable bonds is 13. The van der Waals surface area contributed by atoms with Crippen molar-refractivity contribution >= 4 is 12.0 Å². The van der Waals surface area contributed by atoms with E-state index in [9.17, 15) is 14.7 Å². The van der Waals surface area contributed by atoms with E-state index in [0.717, 1.165) is 54.7 Å². The van der Waals surface area contributed by atoms with Gasteiger partial charge in [-0.3, -0.25) is 9.69 Å². The van der Waals surface area contributed by atoms with E-state index >= 15 is 0 Å². The van der Waals surface area contributed by atoms with Crippen LogP contribution in [0.5, 0.6) is 5.75 Å². The quantitative estimate of drug-likeness (QED) is 0.166. The second-order valence-electron chi connectivity index (χ2n) is 13.4. The highest BCUT2D eigenvalue weighted by molar-refractivity contribution is 5.94. The zero-order chi connectivity index (χ0) is 34.3. The lowest BCUT2D eigenvalue weighted by Gasteiger charge is -2.50. The Hall–Kier alpha value is -4.70. The summed E-state index contributed by atoms with van der Waals surface area (Å²) in [5, 5.41) is 10.7. The number of fused-ring (bicyclic) bond motifs is 3. The third-order valence-electron chi connectivity index (χ3n) is 10.2. The molecule has 9 heteroatoms. The number of nitrogens with zero attached hydrogens (tertiary/aromatic N) is 3. The monoisotopic (exact) mass is 675 g/mol. The van der Waals surface area contributed by atoms with E-state index in [2.05, 4.69) is 4.90 Å². The van der Waals surface area contributed by atoms with Crippen molar-refractivity contribution in [3.8, 4) is 5.75 Å². The van der Waals surface area contributed by atoms with E-state index in [1.807, 2.05) is 114 Å². The van der Waals surface area contributed by atoms with Crippen molar-refractivity contribution in [1.29, 1.82) is 0 Å². The second-order valence-corrected chi connectivity index (χ2v) is 13.4. The van der Waals surface area contributed by atoms with Crippen molar-refractivity contribution in [2.45, 2.75) is 50.8 Å². The minimum Gasteiger partial charge on any atom is -0.489 e. The molecule has 0 radical (unpaired) electrons. The van der Waals surface area contributed by atoms with Crippen molar-refractivity contribution in [2.75, 3.05) is 39.4 Å². The highest BCUT2D eigenvalue weighted by atomic mass is 16.7. The maximum Gasteiger partial charge on any atom is 0.408 e. The first-order valence-electron chi connectivity index (χ1n) is 17.7. The Morgan fingerprint density at radius 1 is 0.820 bits per heavy atom. The first-order chi connectivity index (χ1) is 24.5. The summed E-state index contributed by atoms with van der Waals surface area (Å²) in [6.07, 6.45) is 1.48. The van der Waals surface area contributed by atoms with Gasteiger partial charge in [-0.15, -0.1) is 0 Å². The molecule has 260 valence electrons. The summed E-state index contributed by atoms with van der Waals surface area (Å²) in [6, 6.07) is 34.7. The normalized spacial score (nSPS) is 20.7. The van der Waals surface area contributed by atoms with Gasteiger partial charge in [0.05, 0.1) is 25.3 Å². The van der Waals surface area contributed by atoms with Gasteiger partial charge >= 0.3 is 6.09 Å². The van der Waals surface area contributed by atoms with Crippen molar-refractivity contribution in [2.24, 2.45) is 5.92 Å². The number of benzene rings is 4. The maximum absolute atomic E-state index is 13.7. The number of ether oxygens (including phenoxy) is 3. The number of hydrogen-bond donors (Lipinski definition) is 1. The molecule has 4 aliphatic rings. The molecule has 4 aromatic carbocycles. The molecule has 4 saturated heterocycles. The van der Waals surface area contributed by atoms with E-state index in [1.165, 1.54) is 0 Å². The predicted octanol–water partition coefficient (Wildman–Crippen LogP) is 6.83. The van der Waals surface area contributed by atoms with E-state index in [1.54, 1.807) is 4.90 Å². The molecule has 8 rings (SSSR count). The number of carbonyl (C=O) groups is 2. The molecule has 4 heterocycles. The third-order valence-corrected chi connectivity index (χ3v) is 10.2. The minimum absolute atomic E-state index is 0.0510. The summed E-state index contributed by atoms with van der Waals surface area (Å²) >= 11 is 0. The summed E-state index contributed by atoms with van der Waals surface area (Å²) in [5.74, 6) is 0.968. The molecule has 4 aromatic rings. The molecule has 1 N–H and O–H groups in total. The van der Waals surface area contributed by atoms with Crippen LogP contribution >= 0.6 is 0 Å². The van der Waals surface area contributed by atoms with Crippen molar-refractivity contribution < 1.29 is 28.9 Å². The van der Waals surface area contributed by atoms with Crippen LogP contribution in [-0.4, -0.2) is 83.5 Å². The average molecular weight is 676 g/mol. The van der Waals surface area contributed by atoms with Gasteiger partial charge in [-0.1, -0.05) is 84.9 Å². The lowest BCUT2D eigenvalue weighted by molar-refractivity contribution is -0.0505. The molecule has 0 aliphatic carbocycles. The van der Waals surface area contributed by atoms with Gasteiger partial charge in [0.25, 0.3) is 5.91 Å². The van der Waals surface area contributed by atoms with Crippen LogP contribution in [0.4, 0.5) is 4.79 Å². The number of carbonyl (C=O) groups excluding carboxylic acids is 1. The fraction of sp³-hybridized carbons (Fsp3) is 0.366. The van der Waals surface area contributed by atoms with Crippen molar-refractivity contribution in [3.63, 3.8) is 0 Å². The van der Waals surface area contributed by atoms with E-state index in [0.29, 0.717) is 56.6 Å². The molecule has 0 spiro atoms. The van der Waals surface area contributed by atoms with Crippen LogP contribution in [0.3, 0.4) is 0 Å². The van der Waals surface area contributed by atoms with Gasteiger partial charge in [-0.05, 0) is 78.4 Å². The molecule has 2 bridgehead atoms. The summed E-state index contributed by atoms with van der Waals surface area (Å²) in [5.41, 5.74) is 4.40. The minimum atomic E-state index is -0.902. The Bertz CT molecular complexity index is 1710. The highest BCUT2D eigenvalue weighted by Crippen LogP contribution is 2.39. The molecule has 50 heavy (non-hydrogen) atoms. The van der Waals surface area contributed by atoms with E-state index < -0.39 is 12.1 Å². The van der Waals surface area contributed by atoms with Crippen LogP contribution < -0.4 is 4.74 Å². The molecule has 0 saturated carbocycles. The summed E-state index contributed by atoms with van der Waals surface area (Å²) in [7, 11) is 0. The van der Waals surface area contributed by atoms with Gasteiger partial charge in [-0.25, -0.2) is 4.79 Å². The number of carboxylic acid groups (broad SMARTS) is 1. The van der Waals surface area contributed by atoms with Crippen molar-refractivity contribution in [3.05, 3.63) is 137 Å². The molecule has 4 fully saturated rings. The average Bonchev–Trinajstić information content (AvgIpc) is 3.70. The Morgan fingerprint density at radius 3 is 2.16 bits per heavy atom. The summed E-state index contributed by atoms with van der Waals surface area (Å²) in [6.45, 7) is 5.33. The molecule has 0 aromatic heterocycles. The van der Waals surface area contributed by atoms with Gasteiger partial charge in [0.15, 0.2) is 6.29 Å². The molecule has 1 unspecified atom stereocenters. The van der Waals surface area contributed by atoms with Gasteiger partial charge in [0, 0.05) is 31.6 Å². The van der Waals surface area contributed by atoms with Gasteiger partial charge in [0.2, 0.25) is 0 Å². The first kappa shape index (κ1) is 33.8. The Kier molecular flexibility index (Phi) is 10.7. The van der Waals surface area contributed by atoms with Gasteiger partial charge in [0.1, 0.15) is 12.4 Å². The predicted molar refractivity (Wildman–Crippen MR) is 190 cm³/mol. The van der Waals surface area contributed by atoms with Crippen LogP contribution in [0.15, 0.2) is 109 Å². The van der Waals surface area contributed by atoms with Gasteiger partial charge < -0.3 is 29.1 Å². The standard InChI is InChI=1S/C41H45N3O6/c45-40(43(23-20-38-48-24-25-49-38)27-30-8-3-1-4-9-30)34-16-14-31(15-17-34)29-50-36-13-7-12-35(26-36)39(33-10-5-2-6-11-33)44(41(46)47)37-28-42-21-18-32(37)19-22-42/h1-17,26,32,37-39H,18-25,27-29H2,(H,46,47)/t37?,39-/m0/s1.